The maximum atomic E-state index is 8.36. The highest BCUT2D eigenvalue weighted by molar-refractivity contribution is 5.85. The number of hydrogen-bond donors (Lipinski definition) is 2. The van der Waals surface area contributed by atoms with Crippen molar-refractivity contribution in [1.82, 2.24) is 4.98 Å². The van der Waals surface area contributed by atoms with E-state index in [0.717, 1.165) is 0 Å². The van der Waals surface area contributed by atoms with Gasteiger partial charge in [0.05, 0.1) is 5.56 Å². The number of hydrogen-bond acceptors (Lipinski definition) is 4. The van der Waals surface area contributed by atoms with E-state index in [1.807, 2.05) is 6.07 Å². The van der Waals surface area contributed by atoms with Gasteiger partial charge >= 0.3 is 0 Å². The summed E-state index contributed by atoms with van der Waals surface area (Å²) in [5.41, 5.74) is 2.88. The third-order valence-corrected chi connectivity index (χ3v) is 1.04. The summed E-state index contributed by atoms with van der Waals surface area (Å²) in [7, 11) is 0. The van der Waals surface area contributed by atoms with Crippen LogP contribution >= 0.6 is 12.4 Å². The molecule has 0 fully saturated rings. The lowest BCUT2D eigenvalue weighted by Gasteiger charge is -1.95. The SMILES string of the molecule is Cl.N#Cc1ccc(NN)nc1. The third-order valence-electron chi connectivity index (χ3n) is 1.04. The molecule has 58 valence electrons. The second-order valence-electron chi connectivity index (χ2n) is 1.69. The van der Waals surface area contributed by atoms with E-state index < -0.39 is 0 Å². The van der Waals surface area contributed by atoms with Crippen molar-refractivity contribution in [3.8, 4) is 6.07 Å². The number of halogens is 1. The number of nitrogen functional groups attached to an aromatic ring is 1. The summed E-state index contributed by atoms with van der Waals surface area (Å²) in [4.78, 5) is 3.81. The van der Waals surface area contributed by atoms with Crippen LogP contribution in [0.3, 0.4) is 0 Å². The first-order valence-electron chi connectivity index (χ1n) is 2.69. The molecule has 0 aliphatic heterocycles. The van der Waals surface area contributed by atoms with Gasteiger partial charge in [0.2, 0.25) is 0 Å². The van der Waals surface area contributed by atoms with Gasteiger partial charge in [-0.3, -0.25) is 0 Å². The van der Waals surface area contributed by atoms with Crippen LogP contribution in [-0.4, -0.2) is 4.98 Å². The quantitative estimate of drug-likeness (QED) is 0.480. The van der Waals surface area contributed by atoms with Crippen LogP contribution in [0.4, 0.5) is 5.82 Å². The number of nitriles is 1. The Labute approximate surface area is 70.4 Å². The van der Waals surface area contributed by atoms with E-state index in [0.29, 0.717) is 11.4 Å². The first-order chi connectivity index (χ1) is 4.86. The van der Waals surface area contributed by atoms with Gasteiger partial charge in [-0.25, -0.2) is 10.8 Å². The lowest BCUT2D eigenvalue weighted by atomic mass is 10.3. The number of nitrogens with two attached hydrogens (primary N) is 1. The fraction of sp³-hybridized carbons (Fsp3) is 0. The van der Waals surface area contributed by atoms with Crippen LogP contribution in [0.25, 0.3) is 0 Å². The molecule has 4 nitrogen and oxygen atoms in total. The number of anilines is 1. The summed E-state index contributed by atoms with van der Waals surface area (Å²) in [5, 5.41) is 8.36. The number of aromatic nitrogens is 1. The zero-order valence-corrected chi connectivity index (χ0v) is 6.43. The highest BCUT2D eigenvalue weighted by atomic mass is 35.5. The predicted molar refractivity (Wildman–Crippen MR) is 44.0 cm³/mol. The van der Waals surface area contributed by atoms with Crippen LogP contribution < -0.4 is 11.3 Å². The van der Waals surface area contributed by atoms with Crippen LogP contribution in [0, 0.1) is 11.3 Å². The molecule has 0 amide bonds. The minimum absolute atomic E-state index is 0. The molecule has 1 aromatic heterocycles. The average Bonchev–Trinajstić information content (AvgIpc) is 2.05. The Morgan fingerprint density at radius 2 is 2.27 bits per heavy atom. The molecule has 1 heterocycles. The summed E-state index contributed by atoms with van der Waals surface area (Å²) in [6.07, 6.45) is 1.45. The maximum Gasteiger partial charge on any atom is 0.139 e. The highest BCUT2D eigenvalue weighted by Gasteiger charge is 1.89. The van der Waals surface area contributed by atoms with E-state index >= 15 is 0 Å². The molecule has 0 radical (unpaired) electrons. The molecule has 0 aliphatic carbocycles. The van der Waals surface area contributed by atoms with Crippen LogP contribution in [0.15, 0.2) is 18.3 Å². The van der Waals surface area contributed by atoms with Gasteiger partial charge in [0, 0.05) is 6.20 Å². The first-order valence-corrected chi connectivity index (χ1v) is 2.69. The lowest BCUT2D eigenvalue weighted by molar-refractivity contribution is 1.22. The normalized spacial score (nSPS) is 7.64. The Hall–Kier alpha value is -1.31. The molecule has 0 aliphatic rings. The van der Waals surface area contributed by atoms with Gasteiger partial charge in [-0.2, -0.15) is 5.26 Å². The molecule has 11 heavy (non-hydrogen) atoms. The topological polar surface area (TPSA) is 74.7 Å². The molecule has 0 spiro atoms. The van der Waals surface area contributed by atoms with Gasteiger partial charge < -0.3 is 5.43 Å². The summed E-state index contributed by atoms with van der Waals surface area (Å²) in [6.45, 7) is 0. The molecular formula is C6H7ClN4. The van der Waals surface area contributed by atoms with Crippen molar-refractivity contribution in [3.63, 3.8) is 0 Å². The van der Waals surface area contributed by atoms with Crippen LogP contribution in [0.2, 0.25) is 0 Å². The van der Waals surface area contributed by atoms with Crippen molar-refractivity contribution in [2.45, 2.75) is 0 Å². The zero-order valence-electron chi connectivity index (χ0n) is 5.61. The first kappa shape index (κ1) is 9.69. The average molecular weight is 171 g/mol. The summed E-state index contributed by atoms with van der Waals surface area (Å²) in [6, 6.07) is 5.23. The largest absolute Gasteiger partial charge is 0.308 e. The third kappa shape index (κ3) is 2.42. The minimum Gasteiger partial charge on any atom is -0.308 e. The Morgan fingerprint density at radius 1 is 1.55 bits per heavy atom. The van der Waals surface area contributed by atoms with E-state index in [1.165, 1.54) is 6.20 Å². The van der Waals surface area contributed by atoms with Crippen molar-refractivity contribution in [1.29, 1.82) is 5.26 Å². The summed E-state index contributed by atoms with van der Waals surface area (Å²) in [5.74, 6) is 5.60. The molecule has 0 saturated heterocycles. The Morgan fingerprint density at radius 3 is 2.64 bits per heavy atom. The highest BCUT2D eigenvalue weighted by Crippen LogP contribution is 2.00. The number of nitrogens with one attached hydrogen (secondary N) is 1. The smallest absolute Gasteiger partial charge is 0.139 e. The Kier molecular flexibility index (Phi) is 3.96. The van der Waals surface area contributed by atoms with Crippen molar-refractivity contribution >= 4 is 18.2 Å². The molecular weight excluding hydrogens is 164 g/mol. The number of nitrogens with zero attached hydrogens (tertiary/aromatic N) is 2. The molecule has 0 bridgehead atoms. The van der Waals surface area contributed by atoms with Crippen LogP contribution in [0.5, 0.6) is 0 Å². The molecule has 0 unspecified atom stereocenters. The van der Waals surface area contributed by atoms with E-state index in [2.05, 4.69) is 10.4 Å². The fourth-order valence-corrected chi connectivity index (χ4v) is 0.545. The van der Waals surface area contributed by atoms with Gasteiger partial charge in [0.15, 0.2) is 0 Å². The van der Waals surface area contributed by atoms with Crippen molar-refractivity contribution < 1.29 is 0 Å². The molecule has 0 saturated carbocycles. The zero-order chi connectivity index (χ0) is 7.40. The van der Waals surface area contributed by atoms with Crippen LogP contribution in [0.1, 0.15) is 5.56 Å². The molecule has 0 atom stereocenters. The lowest BCUT2D eigenvalue weighted by Crippen LogP contribution is -2.07. The second kappa shape index (κ2) is 4.50. The fourth-order valence-electron chi connectivity index (χ4n) is 0.545. The van der Waals surface area contributed by atoms with Gasteiger partial charge in [0.1, 0.15) is 11.9 Å². The Bertz CT molecular complexity index is 250. The molecule has 0 aromatic carbocycles. The Balaban J connectivity index is 0.000001000. The van der Waals surface area contributed by atoms with Gasteiger partial charge in [-0.15, -0.1) is 12.4 Å². The van der Waals surface area contributed by atoms with E-state index in [9.17, 15) is 0 Å². The minimum atomic E-state index is 0. The standard InChI is InChI=1S/C6H6N4.ClH/c7-3-5-1-2-6(10-8)9-4-5;/h1-2,4H,8H2,(H,9,10);1H. The van der Waals surface area contributed by atoms with Gasteiger partial charge in [0.25, 0.3) is 0 Å². The second-order valence-corrected chi connectivity index (χ2v) is 1.69. The van der Waals surface area contributed by atoms with E-state index in [-0.39, 0.29) is 12.4 Å². The van der Waals surface area contributed by atoms with Gasteiger partial charge in [-0.05, 0) is 12.1 Å². The number of hydrazine groups is 1. The molecule has 3 N–H and O–H groups in total. The van der Waals surface area contributed by atoms with Crippen LogP contribution in [-0.2, 0) is 0 Å². The maximum absolute atomic E-state index is 8.36. The van der Waals surface area contributed by atoms with Crippen molar-refractivity contribution in [2.75, 3.05) is 5.43 Å². The molecule has 5 heteroatoms. The molecule has 1 aromatic rings. The number of rotatable bonds is 1. The van der Waals surface area contributed by atoms with Crippen molar-refractivity contribution in [2.24, 2.45) is 5.84 Å². The van der Waals surface area contributed by atoms with E-state index in [1.54, 1.807) is 12.1 Å². The summed E-state index contributed by atoms with van der Waals surface area (Å²) < 4.78 is 0. The van der Waals surface area contributed by atoms with Crippen molar-refractivity contribution in [3.05, 3.63) is 23.9 Å². The van der Waals surface area contributed by atoms with E-state index in [4.69, 9.17) is 11.1 Å². The monoisotopic (exact) mass is 170 g/mol. The van der Waals surface area contributed by atoms with Gasteiger partial charge in [-0.1, -0.05) is 0 Å². The molecule has 1 rings (SSSR count). The number of pyridine rings is 1. The predicted octanol–water partition coefficient (Wildman–Crippen LogP) is 0.661. The summed E-state index contributed by atoms with van der Waals surface area (Å²) >= 11 is 0.